The Hall–Kier alpha value is -2.10. The number of fused-ring (bicyclic) bond motifs is 2. The zero-order valence-electron chi connectivity index (χ0n) is 8.99. The lowest BCUT2D eigenvalue weighted by Crippen LogP contribution is -2.23. The predicted octanol–water partition coefficient (Wildman–Crippen LogP) is 1.79. The van der Waals surface area contributed by atoms with Crippen LogP contribution in [-0.4, -0.2) is 28.4 Å². The number of nitrogens with one attached hydrogen (secondary N) is 2. The van der Waals surface area contributed by atoms with Gasteiger partial charge in [0.1, 0.15) is 0 Å². The molecule has 2 aromatic heterocycles. The third-order valence-electron chi connectivity index (χ3n) is 2.60. The normalized spacial score (nSPS) is 13.4. The van der Waals surface area contributed by atoms with Crippen molar-refractivity contribution in [2.45, 2.75) is 5.25 Å². The van der Waals surface area contributed by atoms with Crippen molar-refractivity contribution in [3.8, 4) is 0 Å². The fourth-order valence-corrected chi connectivity index (χ4v) is 2.02. The summed E-state index contributed by atoms with van der Waals surface area (Å²) in [6.07, 6.45) is 1.41. The first-order valence-corrected chi connectivity index (χ1v) is 6.33. The van der Waals surface area contributed by atoms with Crippen molar-refractivity contribution < 1.29 is 21.1 Å². The molecule has 0 radical (unpaired) electrons. The van der Waals surface area contributed by atoms with Gasteiger partial charge in [0.25, 0.3) is 0 Å². The van der Waals surface area contributed by atoms with Crippen LogP contribution in [-0.2, 0) is 15.5 Å². The van der Waals surface area contributed by atoms with Crippen LogP contribution in [0.3, 0.4) is 0 Å². The molecule has 19 heavy (non-hydrogen) atoms. The molecule has 10 heteroatoms. The quantitative estimate of drug-likeness (QED) is 0.704. The highest BCUT2D eigenvalue weighted by molar-refractivity contribution is 7.87. The van der Waals surface area contributed by atoms with Crippen molar-refractivity contribution in [3.05, 3.63) is 24.3 Å². The molecule has 100 valence electrons. The van der Waals surface area contributed by atoms with Crippen LogP contribution in [0.1, 0.15) is 5.82 Å². The van der Waals surface area contributed by atoms with Gasteiger partial charge in [-0.25, -0.2) is 9.97 Å². The van der Waals surface area contributed by atoms with Crippen molar-refractivity contribution in [1.82, 2.24) is 19.9 Å². The Kier molecular flexibility index (Phi) is 2.18. The number of halogens is 3. The number of nitrogens with zero attached hydrogens (tertiary/aromatic N) is 2. The number of hydrogen-bond donors (Lipinski definition) is 2. The van der Waals surface area contributed by atoms with Crippen molar-refractivity contribution in [2.75, 3.05) is 0 Å². The Labute approximate surface area is 103 Å². The molecule has 0 aliphatic carbocycles. The Bertz CT molecular complexity index is 835. The summed E-state index contributed by atoms with van der Waals surface area (Å²) < 4.78 is 60.0. The third-order valence-corrected chi connectivity index (χ3v) is 3.41. The minimum atomic E-state index is -6.09. The average Bonchev–Trinajstić information content (AvgIpc) is 2.88. The molecule has 0 aliphatic heterocycles. The number of aromatic amines is 2. The molecule has 0 spiro atoms. The smallest absolute Gasteiger partial charge is 0.345 e. The van der Waals surface area contributed by atoms with Crippen LogP contribution in [0.2, 0.25) is 0 Å². The van der Waals surface area contributed by atoms with Gasteiger partial charge in [0.05, 0.1) is 28.4 Å². The molecule has 0 unspecified atom stereocenters. The van der Waals surface area contributed by atoms with Crippen LogP contribution in [0.5, 0.6) is 0 Å². The van der Waals surface area contributed by atoms with E-state index < -0.39 is 21.3 Å². The van der Waals surface area contributed by atoms with Crippen molar-refractivity contribution >= 4 is 32.3 Å². The van der Waals surface area contributed by atoms with Crippen molar-refractivity contribution in [2.24, 2.45) is 0 Å². The van der Waals surface area contributed by atoms with E-state index in [2.05, 4.69) is 19.9 Å². The standard InChI is InChI=1S/C9H5F3N4O2S/c10-9(11,19(12,17)18)8-15-6-1-4-5(14-3-13-4)2-7(6)16-8/h1-3H,(H,13,14)(H,15,16). The molecule has 0 atom stereocenters. The topological polar surface area (TPSA) is 91.5 Å². The Morgan fingerprint density at radius 2 is 1.89 bits per heavy atom. The molecule has 0 fully saturated rings. The van der Waals surface area contributed by atoms with E-state index in [0.717, 1.165) is 0 Å². The minimum absolute atomic E-state index is 0.0675. The van der Waals surface area contributed by atoms with Gasteiger partial charge in [0.15, 0.2) is 5.82 Å². The molecule has 6 nitrogen and oxygen atoms in total. The second-order valence-electron chi connectivity index (χ2n) is 3.83. The van der Waals surface area contributed by atoms with E-state index >= 15 is 0 Å². The van der Waals surface area contributed by atoms with Gasteiger partial charge in [-0.2, -0.15) is 17.2 Å². The Morgan fingerprint density at radius 1 is 1.16 bits per heavy atom. The van der Waals surface area contributed by atoms with Crippen LogP contribution in [0, 0.1) is 0 Å². The molecule has 3 rings (SSSR count). The molecule has 2 heterocycles. The Morgan fingerprint density at radius 3 is 2.58 bits per heavy atom. The summed E-state index contributed by atoms with van der Waals surface area (Å²) in [5.41, 5.74) is 1.24. The van der Waals surface area contributed by atoms with Gasteiger partial charge in [-0.15, -0.1) is 0 Å². The van der Waals surface area contributed by atoms with Gasteiger partial charge >= 0.3 is 15.5 Å². The van der Waals surface area contributed by atoms with Crippen molar-refractivity contribution in [1.29, 1.82) is 0 Å². The molecule has 0 saturated heterocycles. The lowest BCUT2D eigenvalue weighted by atomic mass is 10.3. The fourth-order valence-electron chi connectivity index (χ4n) is 1.69. The minimum Gasteiger partial charge on any atom is -0.345 e. The lowest BCUT2D eigenvalue weighted by molar-refractivity contribution is 0.0755. The van der Waals surface area contributed by atoms with Gasteiger partial charge in [-0.3, -0.25) is 0 Å². The fraction of sp³-hybridized carbons (Fsp3) is 0.111. The zero-order valence-corrected chi connectivity index (χ0v) is 9.80. The highest BCUT2D eigenvalue weighted by Crippen LogP contribution is 2.34. The number of H-pyrrole nitrogens is 2. The van der Waals surface area contributed by atoms with Crippen LogP contribution in [0.4, 0.5) is 12.7 Å². The number of rotatable bonds is 2. The molecule has 1 aromatic carbocycles. The van der Waals surface area contributed by atoms with Gasteiger partial charge in [0.2, 0.25) is 0 Å². The summed E-state index contributed by atoms with van der Waals surface area (Å²) in [5, 5.41) is -4.72. The molecule has 0 aliphatic rings. The van der Waals surface area contributed by atoms with E-state index in [0.29, 0.717) is 11.0 Å². The van der Waals surface area contributed by atoms with E-state index in [1.165, 1.54) is 18.5 Å². The first-order chi connectivity index (χ1) is 8.79. The molecule has 3 aromatic rings. The van der Waals surface area contributed by atoms with Crippen LogP contribution >= 0.6 is 0 Å². The molecule has 0 saturated carbocycles. The molecule has 0 amide bonds. The maximum absolute atomic E-state index is 13.3. The van der Waals surface area contributed by atoms with E-state index in [9.17, 15) is 21.1 Å². The predicted molar refractivity (Wildman–Crippen MR) is 59.7 cm³/mol. The zero-order chi connectivity index (χ0) is 13.8. The average molecular weight is 290 g/mol. The van der Waals surface area contributed by atoms with Crippen LogP contribution < -0.4 is 0 Å². The summed E-state index contributed by atoms with van der Waals surface area (Å²) in [4.78, 5) is 12.1. The van der Waals surface area contributed by atoms with Crippen molar-refractivity contribution in [3.63, 3.8) is 0 Å². The maximum Gasteiger partial charge on any atom is 0.430 e. The maximum atomic E-state index is 13.3. The van der Waals surface area contributed by atoms with Gasteiger partial charge in [-0.1, -0.05) is 3.89 Å². The summed E-state index contributed by atoms with van der Waals surface area (Å²) in [7, 11) is -6.09. The van der Waals surface area contributed by atoms with E-state index in [1.54, 1.807) is 0 Å². The van der Waals surface area contributed by atoms with Gasteiger partial charge in [0, 0.05) is 0 Å². The monoisotopic (exact) mass is 290 g/mol. The first-order valence-electron chi connectivity index (χ1n) is 4.94. The number of hydrogen-bond acceptors (Lipinski definition) is 4. The summed E-state index contributed by atoms with van der Waals surface area (Å²) in [6, 6.07) is 2.80. The van der Waals surface area contributed by atoms with E-state index in [1.807, 2.05) is 0 Å². The first kappa shape index (κ1) is 12.0. The summed E-state index contributed by atoms with van der Waals surface area (Å²) >= 11 is 0. The number of alkyl halides is 2. The summed E-state index contributed by atoms with van der Waals surface area (Å²) in [5.74, 6) is -1.27. The number of imidazole rings is 2. The molecule has 2 N–H and O–H groups in total. The Balaban J connectivity index is 2.27. The van der Waals surface area contributed by atoms with Gasteiger partial charge < -0.3 is 9.97 Å². The largest absolute Gasteiger partial charge is 0.430 e. The SMILES string of the molecule is O=S(=O)(F)C(F)(F)c1nc2cc3nc[nH]c3cc2[nH]1. The lowest BCUT2D eigenvalue weighted by Gasteiger charge is -2.06. The number of aromatic nitrogens is 4. The van der Waals surface area contributed by atoms with Crippen LogP contribution in [0.25, 0.3) is 22.1 Å². The van der Waals surface area contributed by atoms with E-state index in [-0.39, 0.29) is 11.0 Å². The molecule has 0 bridgehead atoms. The summed E-state index contributed by atoms with van der Waals surface area (Å²) in [6.45, 7) is 0. The molecular weight excluding hydrogens is 285 g/mol. The number of benzene rings is 1. The highest BCUT2D eigenvalue weighted by atomic mass is 32.3. The van der Waals surface area contributed by atoms with Crippen LogP contribution in [0.15, 0.2) is 18.5 Å². The van der Waals surface area contributed by atoms with E-state index in [4.69, 9.17) is 0 Å². The second kappa shape index (κ2) is 3.47. The molecular formula is C9H5F3N4O2S. The second-order valence-corrected chi connectivity index (χ2v) is 5.22. The van der Waals surface area contributed by atoms with Gasteiger partial charge in [-0.05, 0) is 12.1 Å². The highest BCUT2D eigenvalue weighted by Gasteiger charge is 2.50. The third kappa shape index (κ3) is 1.67.